The smallest absolute Gasteiger partial charge is 0.447 e. The summed E-state index contributed by atoms with van der Waals surface area (Å²) in [6.45, 7) is -0.701. The van der Waals surface area contributed by atoms with Crippen molar-refractivity contribution in [2.24, 2.45) is 0 Å². The van der Waals surface area contributed by atoms with Gasteiger partial charge in [-0.25, -0.2) is 0 Å². The summed E-state index contributed by atoms with van der Waals surface area (Å²) in [5.41, 5.74) is -9.92. The van der Waals surface area contributed by atoms with Crippen LogP contribution >= 0.6 is 7.94 Å². The average molecular weight is 638 g/mol. The normalized spacial score (nSPS) is 19.5. The number of hydrogen-bond acceptors (Lipinski definition) is 4. The molecule has 1 atom stereocenters. The molecule has 228 valence electrons. The van der Waals surface area contributed by atoms with Gasteiger partial charge in [-0.1, -0.05) is 66.7 Å². The van der Waals surface area contributed by atoms with Crippen LogP contribution in [0.2, 0.25) is 0 Å². The Morgan fingerprint density at radius 2 is 1.17 bits per heavy atom. The van der Waals surface area contributed by atoms with Gasteiger partial charge in [-0.2, -0.15) is 57.2 Å². The average Bonchev–Trinajstić information content (AvgIpc) is 2.85. The van der Waals surface area contributed by atoms with Crippen molar-refractivity contribution in [3.63, 3.8) is 0 Å². The van der Waals surface area contributed by atoms with Gasteiger partial charge in [0.15, 0.2) is 5.75 Å². The zero-order valence-electron chi connectivity index (χ0n) is 20.3. The first kappa shape index (κ1) is 31.7. The van der Waals surface area contributed by atoms with Crippen molar-refractivity contribution in [2.45, 2.75) is 42.1 Å². The second-order valence-corrected chi connectivity index (χ2v) is 10.9. The van der Waals surface area contributed by atoms with Crippen LogP contribution < -0.4 is 14.2 Å². The fraction of sp³-hybridized carbons (Fsp3) is 0.280. The van der Waals surface area contributed by atoms with Crippen LogP contribution in [0.3, 0.4) is 0 Å². The second-order valence-electron chi connectivity index (χ2n) is 8.83. The van der Waals surface area contributed by atoms with Crippen molar-refractivity contribution in [1.29, 1.82) is 0 Å². The first-order chi connectivity index (χ1) is 19.2. The Labute approximate surface area is 229 Å². The largest absolute Gasteiger partial charge is 0.623 e. The standard InChI is InChI=1S/C25H15F12O4P/c26-22(27,28)20(23(29,30)31)16-10-4-7-13-19(16)40-42(38,41-20)21(24(32,33)34,25(35,36)37)17-11-5-6-12-18(17)39-14-15-8-2-1-3-9-15/h1-13H,14H2. The SMILES string of the molecule is [O-][P+]1(C(c2ccccc2OCc2ccccc2)(C(F)(F)F)C(F)(F)F)Oc2ccccc2C(C(F)(F)F)(C(F)(F)F)O1. The number of fused-ring (bicyclic) bond motifs is 1. The lowest BCUT2D eigenvalue weighted by molar-refractivity contribution is -0.392. The minimum atomic E-state index is -7.76. The minimum Gasteiger partial charge on any atom is -0.623 e. The summed E-state index contributed by atoms with van der Waals surface area (Å²) in [5.74, 6) is -3.14. The molecule has 1 aliphatic heterocycles. The quantitative estimate of drug-likeness (QED) is 0.209. The summed E-state index contributed by atoms with van der Waals surface area (Å²) in [6.07, 6.45) is -27.5. The van der Waals surface area contributed by atoms with E-state index in [1.54, 1.807) is 0 Å². The molecule has 0 spiro atoms. The molecule has 1 aliphatic rings. The van der Waals surface area contributed by atoms with E-state index in [0.717, 1.165) is 6.07 Å². The van der Waals surface area contributed by atoms with Crippen LogP contribution in [0.4, 0.5) is 52.7 Å². The maximum Gasteiger partial charge on any atom is 0.447 e. The van der Waals surface area contributed by atoms with Crippen LogP contribution in [0.1, 0.15) is 16.7 Å². The summed E-state index contributed by atoms with van der Waals surface area (Å²) in [7, 11) is -7.76. The molecule has 42 heavy (non-hydrogen) atoms. The molecular formula is C25H15F12O4P. The molecule has 0 radical (unpaired) electrons. The first-order valence-electron chi connectivity index (χ1n) is 11.4. The molecule has 0 saturated heterocycles. The van der Waals surface area contributed by atoms with Gasteiger partial charge >= 0.3 is 43.4 Å². The van der Waals surface area contributed by atoms with Crippen LogP contribution in [0.5, 0.6) is 11.5 Å². The van der Waals surface area contributed by atoms with Gasteiger partial charge in [0.2, 0.25) is 0 Å². The Morgan fingerprint density at radius 3 is 1.71 bits per heavy atom. The predicted molar refractivity (Wildman–Crippen MR) is 120 cm³/mol. The van der Waals surface area contributed by atoms with E-state index in [1.807, 2.05) is 0 Å². The van der Waals surface area contributed by atoms with Crippen molar-refractivity contribution in [2.75, 3.05) is 0 Å². The Kier molecular flexibility index (Phi) is 7.70. The molecule has 4 nitrogen and oxygen atoms in total. The summed E-state index contributed by atoms with van der Waals surface area (Å²) in [6, 6.07) is 10.6. The number of ether oxygens (including phenoxy) is 1. The van der Waals surface area contributed by atoms with Crippen molar-refractivity contribution < 1.29 is 71.4 Å². The molecule has 0 aliphatic carbocycles. The maximum atomic E-state index is 14.9. The van der Waals surface area contributed by atoms with Gasteiger partial charge in [0.25, 0.3) is 0 Å². The number of rotatable bonds is 5. The van der Waals surface area contributed by atoms with Gasteiger partial charge < -0.3 is 14.2 Å². The molecule has 0 N–H and O–H groups in total. The molecule has 0 fully saturated rings. The van der Waals surface area contributed by atoms with Crippen molar-refractivity contribution in [3.8, 4) is 11.5 Å². The number of hydrogen-bond donors (Lipinski definition) is 0. The van der Waals surface area contributed by atoms with Crippen LogP contribution in [-0.2, 0) is 21.9 Å². The highest BCUT2D eigenvalue weighted by molar-refractivity contribution is 7.61. The van der Waals surface area contributed by atoms with E-state index in [4.69, 9.17) is 4.74 Å². The van der Waals surface area contributed by atoms with Crippen molar-refractivity contribution >= 4 is 7.94 Å². The van der Waals surface area contributed by atoms with Crippen LogP contribution in [0, 0.1) is 0 Å². The van der Waals surface area contributed by atoms with Crippen LogP contribution in [0.25, 0.3) is 0 Å². The van der Waals surface area contributed by atoms with E-state index in [2.05, 4.69) is 9.05 Å². The third-order valence-corrected chi connectivity index (χ3v) is 8.81. The molecule has 0 amide bonds. The molecule has 1 unspecified atom stereocenters. The molecule has 0 aromatic heterocycles. The maximum absolute atomic E-state index is 14.9. The molecular weight excluding hydrogens is 623 g/mol. The first-order valence-corrected chi connectivity index (χ1v) is 12.9. The lowest BCUT2D eigenvalue weighted by Gasteiger charge is -2.51. The third-order valence-electron chi connectivity index (χ3n) is 6.29. The van der Waals surface area contributed by atoms with Crippen LogP contribution in [-0.4, -0.2) is 24.7 Å². The predicted octanol–water partition coefficient (Wildman–Crippen LogP) is 8.14. The van der Waals surface area contributed by atoms with Gasteiger partial charge in [0.05, 0.1) is 11.1 Å². The summed E-state index contributed by atoms with van der Waals surface area (Å²) in [4.78, 5) is 13.9. The lowest BCUT2D eigenvalue weighted by Crippen LogP contribution is -2.65. The Bertz CT molecular complexity index is 1390. The monoisotopic (exact) mass is 638 g/mol. The molecule has 4 rings (SSSR count). The van der Waals surface area contributed by atoms with E-state index in [1.165, 1.54) is 30.3 Å². The molecule has 3 aromatic carbocycles. The lowest BCUT2D eigenvalue weighted by atomic mass is 9.91. The van der Waals surface area contributed by atoms with Crippen molar-refractivity contribution in [3.05, 3.63) is 95.6 Å². The third kappa shape index (κ3) is 4.73. The second kappa shape index (κ2) is 10.2. The summed E-state index contributed by atoms with van der Waals surface area (Å²) < 4.78 is 188. The van der Waals surface area contributed by atoms with Gasteiger partial charge in [0, 0.05) is 0 Å². The van der Waals surface area contributed by atoms with Gasteiger partial charge in [-0.15, -0.1) is 0 Å². The Hall–Kier alpha value is -3.23. The molecule has 0 saturated carbocycles. The van der Waals surface area contributed by atoms with E-state index in [-0.39, 0.29) is 23.8 Å². The van der Waals surface area contributed by atoms with E-state index in [9.17, 15) is 57.6 Å². The zero-order valence-corrected chi connectivity index (χ0v) is 21.2. The van der Waals surface area contributed by atoms with Gasteiger partial charge in [-0.05, 0) is 17.7 Å². The molecule has 0 bridgehead atoms. The fourth-order valence-electron chi connectivity index (χ4n) is 4.47. The van der Waals surface area contributed by atoms with Crippen molar-refractivity contribution in [1.82, 2.24) is 0 Å². The van der Waals surface area contributed by atoms with E-state index >= 15 is 0 Å². The number of halogens is 12. The van der Waals surface area contributed by atoms with E-state index in [0.29, 0.717) is 24.3 Å². The Morgan fingerprint density at radius 1 is 0.667 bits per heavy atom. The highest BCUT2D eigenvalue weighted by Crippen LogP contribution is 2.83. The zero-order chi connectivity index (χ0) is 31.4. The number of benzene rings is 3. The summed E-state index contributed by atoms with van der Waals surface area (Å²) in [5, 5.41) is -6.12. The Balaban J connectivity index is 2.08. The molecule has 3 aromatic rings. The molecule has 1 heterocycles. The summed E-state index contributed by atoms with van der Waals surface area (Å²) >= 11 is 0. The minimum absolute atomic E-state index is 0.0526. The number of alkyl halides is 12. The topological polar surface area (TPSA) is 50.8 Å². The van der Waals surface area contributed by atoms with E-state index < -0.39 is 72.6 Å². The highest BCUT2D eigenvalue weighted by Gasteiger charge is 2.92. The number of para-hydroxylation sites is 2. The van der Waals surface area contributed by atoms with Gasteiger partial charge in [0.1, 0.15) is 12.4 Å². The molecule has 17 heteroatoms. The fourth-order valence-corrected chi connectivity index (χ4v) is 6.97. The van der Waals surface area contributed by atoms with Crippen LogP contribution in [0.15, 0.2) is 78.9 Å². The van der Waals surface area contributed by atoms with Gasteiger partial charge in [-0.3, -0.25) is 0 Å². The highest BCUT2D eigenvalue weighted by atomic mass is 31.2.